The first-order valence-corrected chi connectivity index (χ1v) is 11.0. The number of benzene rings is 2. The Morgan fingerprint density at radius 3 is 2.32 bits per heavy atom. The third-order valence-electron chi connectivity index (χ3n) is 5.46. The molecular weight excluding hydrogens is 364 g/mol. The van der Waals surface area contributed by atoms with E-state index in [1.807, 2.05) is 5.38 Å². The van der Waals surface area contributed by atoms with Gasteiger partial charge in [-0.05, 0) is 43.5 Å². The van der Waals surface area contributed by atoms with Crippen LogP contribution in [0.1, 0.15) is 18.4 Å². The maximum atomic E-state index is 5.73. The molecule has 1 aromatic heterocycles. The van der Waals surface area contributed by atoms with E-state index in [0.717, 1.165) is 30.8 Å². The normalized spacial score (nSPS) is 15.1. The monoisotopic (exact) mass is 392 g/mol. The van der Waals surface area contributed by atoms with Crippen LogP contribution in [0.4, 0.5) is 10.8 Å². The van der Waals surface area contributed by atoms with E-state index in [4.69, 9.17) is 5.73 Å². The molecular formula is C23H28N4S. The molecule has 0 amide bonds. The minimum Gasteiger partial charge on any atom is -0.375 e. The fraction of sp³-hybridized carbons (Fsp3) is 0.348. The summed E-state index contributed by atoms with van der Waals surface area (Å²) >= 11 is 1.49. The molecule has 146 valence electrons. The van der Waals surface area contributed by atoms with Crippen LogP contribution in [-0.2, 0) is 6.42 Å². The van der Waals surface area contributed by atoms with Gasteiger partial charge in [0.05, 0.1) is 5.69 Å². The van der Waals surface area contributed by atoms with Crippen LogP contribution in [0.2, 0.25) is 0 Å². The predicted octanol–water partition coefficient (Wildman–Crippen LogP) is 4.54. The zero-order chi connectivity index (χ0) is 19.2. The molecule has 0 bridgehead atoms. The molecule has 4 nitrogen and oxygen atoms in total. The van der Waals surface area contributed by atoms with Crippen molar-refractivity contribution in [2.75, 3.05) is 43.4 Å². The van der Waals surface area contributed by atoms with Crippen LogP contribution in [0.5, 0.6) is 0 Å². The van der Waals surface area contributed by atoms with Crippen molar-refractivity contribution in [3.05, 3.63) is 65.5 Å². The molecule has 3 aromatic rings. The number of nitrogens with zero attached hydrogens (tertiary/aromatic N) is 3. The van der Waals surface area contributed by atoms with Gasteiger partial charge < -0.3 is 10.6 Å². The molecule has 28 heavy (non-hydrogen) atoms. The lowest BCUT2D eigenvalue weighted by atomic mass is 10.0. The van der Waals surface area contributed by atoms with Gasteiger partial charge in [0.2, 0.25) is 0 Å². The summed E-state index contributed by atoms with van der Waals surface area (Å²) in [6.45, 7) is 5.80. The van der Waals surface area contributed by atoms with Gasteiger partial charge in [-0.15, -0.1) is 11.3 Å². The Balaban J connectivity index is 1.16. The fourth-order valence-electron chi connectivity index (χ4n) is 3.80. The Labute approximate surface area is 171 Å². The van der Waals surface area contributed by atoms with Gasteiger partial charge in [0.15, 0.2) is 5.13 Å². The van der Waals surface area contributed by atoms with Gasteiger partial charge in [-0.25, -0.2) is 4.98 Å². The van der Waals surface area contributed by atoms with Gasteiger partial charge >= 0.3 is 0 Å². The summed E-state index contributed by atoms with van der Waals surface area (Å²) in [6.07, 6.45) is 3.64. The van der Waals surface area contributed by atoms with E-state index < -0.39 is 0 Å². The topological polar surface area (TPSA) is 45.4 Å². The highest BCUT2D eigenvalue weighted by Gasteiger charge is 2.16. The second-order valence-corrected chi connectivity index (χ2v) is 8.28. The molecule has 1 aliphatic heterocycles. The van der Waals surface area contributed by atoms with Gasteiger partial charge in [-0.3, -0.25) is 4.90 Å². The van der Waals surface area contributed by atoms with Crippen LogP contribution in [0.3, 0.4) is 0 Å². The Morgan fingerprint density at radius 2 is 1.64 bits per heavy atom. The first kappa shape index (κ1) is 19.0. The van der Waals surface area contributed by atoms with Gasteiger partial charge in [0.1, 0.15) is 0 Å². The second kappa shape index (κ2) is 9.22. The number of aryl methyl sites for hydroxylation is 1. The van der Waals surface area contributed by atoms with E-state index in [-0.39, 0.29) is 0 Å². The zero-order valence-corrected chi connectivity index (χ0v) is 17.1. The molecule has 0 aliphatic carbocycles. The first-order valence-electron chi connectivity index (χ1n) is 10.1. The van der Waals surface area contributed by atoms with E-state index in [0.29, 0.717) is 5.13 Å². The van der Waals surface area contributed by atoms with E-state index in [9.17, 15) is 0 Å². The zero-order valence-electron chi connectivity index (χ0n) is 16.3. The molecule has 0 saturated carbocycles. The first-order chi connectivity index (χ1) is 13.8. The minimum atomic E-state index is 0.628. The number of anilines is 2. The molecule has 0 unspecified atom stereocenters. The van der Waals surface area contributed by atoms with Crippen molar-refractivity contribution in [3.8, 4) is 11.3 Å². The highest BCUT2D eigenvalue weighted by atomic mass is 32.1. The largest absolute Gasteiger partial charge is 0.375 e. The van der Waals surface area contributed by atoms with Crippen molar-refractivity contribution in [1.29, 1.82) is 0 Å². The summed E-state index contributed by atoms with van der Waals surface area (Å²) in [5.41, 5.74) is 10.6. The quantitative estimate of drug-likeness (QED) is 0.600. The average molecular weight is 393 g/mol. The van der Waals surface area contributed by atoms with E-state index >= 15 is 0 Å². The Hall–Kier alpha value is -2.37. The molecule has 5 heteroatoms. The number of nitrogens with two attached hydrogens (primary N) is 1. The Morgan fingerprint density at radius 1 is 0.893 bits per heavy atom. The number of piperazine rings is 1. The standard InChI is InChI=1S/C23H28N4S/c24-23-25-22(18-28-23)20-11-9-19(10-12-20)6-4-5-13-26-14-16-27(17-15-26)21-7-2-1-3-8-21/h1-3,7-12,18H,4-6,13-17H2,(H2,24,25). The molecule has 0 atom stereocenters. The number of rotatable bonds is 7. The fourth-order valence-corrected chi connectivity index (χ4v) is 4.37. The highest BCUT2D eigenvalue weighted by molar-refractivity contribution is 7.13. The van der Waals surface area contributed by atoms with Crippen molar-refractivity contribution in [2.45, 2.75) is 19.3 Å². The Bertz CT molecular complexity index is 852. The predicted molar refractivity (Wildman–Crippen MR) is 120 cm³/mol. The van der Waals surface area contributed by atoms with Crippen LogP contribution in [0.25, 0.3) is 11.3 Å². The summed E-state index contributed by atoms with van der Waals surface area (Å²) in [7, 11) is 0. The van der Waals surface area contributed by atoms with Crippen LogP contribution in [0, 0.1) is 0 Å². The second-order valence-electron chi connectivity index (χ2n) is 7.39. The summed E-state index contributed by atoms with van der Waals surface area (Å²) in [6, 6.07) is 19.5. The average Bonchev–Trinajstić information content (AvgIpc) is 3.19. The number of aromatic nitrogens is 1. The lowest BCUT2D eigenvalue weighted by Crippen LogP contribution is -2.46. The van der Waals surface area contributed by atoms with E-state index in [1.54, 1.807) is 0 Å². The SMILES string of the molecule is Nc1nc(-c2ccc(CCCCN3CCN(c4ccccc4)CC3)cc2)cs1. The number of hydrogen-bond donors (Lipinski definition) is 1. The van der Waals surface area contributed by atoms with Crippen LogP contribution >= 0.6 is 11.3 Å². The number of thiazole rings is 1. The van der Waals surface area contributed by atoms with Crippen LogP contribution in [-0.4, -0.2) is 42.6 Å². The molecule has 0 spiro atoms. The molecule has 2 aromatic carbocycles. The minimum absolute atomic E-state index is 0.628. The van der Waals surface area contributed by atoms with Crippen molar-refractivity contribution >= 4 is 22.2 Å². The van der Waals surface area contributed by atoms with Gasteiger partial charge in [-0.2, -0.15) is 0 Å². The summed E-state index contributed by atoms with van der Waals surface area (Å²) in [5.74, 6) is 0. The number of para-hydroxylation sites is 1. The number of nitrogen functional groups attached to an aromatic ring is 1. The van der Waals surface area contributed by atoms with E-state index in [1.165, 1.54) is 55.1 Å². The number of hydrogen-bond acceptors (Lipinski definition) is 5. The van der Waals surface area contributed by atoms with Crippen molar-refractivity contribution in [2.24, 2.45) is 0 Å². The summed E-state index contributed by atoms with van der Waals surface area (Å²) in [4.78, 5) is 9.45. The van der Waals surface area contributed by atoms with Crippen molar-refractivity contribution in [1.82, 2.24) is 9.88 Å². The molecule has 2 heterocycles. The lowest BCUT2D eigenvalue weighted by Gasteiger charge is -2.36. The molecule has 1 fully saturated rings. The van der Waals surface area contributed by atoms with Crippen molar-refractivity contribution < 1.29 is 0 Å². The molecule has 4 rings (SSSR count). The third-order valence-corrected chi connectivity index (χ3v) is 6.13. The molecule has 0 radical (unpaired) electrons. The van der Waals surface area contributed by atoms with Crippen LogP contribution in [0.15, 0.2) is 60.0 Å². The van der Waals surface area contributed by atoms with E-state index in [2.05, 4.69) is 69.4 Å². The summed E-state index contributed by atoms with van der Waals surface area (Å²) in [5, 5.41) is 2.64. The maximum absolute atomic E-state index is 5.73. The third kappa shape index (κ3) is 4.91. The molecule has 1 saturated heterocycles. The van der Waals surface area contributed by atoms with Gasteiger partial charge in [0, 0.05) is 42.8 Å². The summed E-state index contributed by atoms with van der Waals surface area (Å²) < 4.78 is 0. The maximum Gasteiger partial charge on any atom is 0.180 e. The smallest absolute Gasteiger partial charge is 0.180 e. The van der Waals surface area contributed by atoms with Gasteiger partial charge in [0.25, 0.3) is 0 Å². The number of unbranched alkanes of at least 4 members (excludes halogenated alkanes) is 1. The molecule has 1 aliphatic rings. The highest BCUT2D eigenvalue weighted by Crippen LogP contribution is 2.23. The van der Waals surface area contributed by atoms with Crippen molar-refractivity contribution in [3.63, 3.8) is 0 Å². The van der Waals surface area contributed by atoms with Gasteiger partial charge in [-0.1, -0.05) is 42.5 Å². The lowest BCUT2D eigenvalue weighted by molar-refractivity contribution is 0.253. The van der Waals surface area contributed by atoms with Crippen LogP contribution < -0.4 is 10.6 Å². The Kier molecular flexibility index (Phi) is 6.24. The molecule has 2 N–H and O–H groups in total.